The zero-order chi connectivity index (χ0) is 12.2. The van der Waals surface area contributed by atoms with Crippen LogP contribution in [-0.2, 0) is 8.85 Å². The van der Waals surface area contributed by atoms with E-state index < -0.39 is 8.56 Å². The van der Waals surface area contributed by atoms with Crippen molar-refractivity contribution in [3.63, 3.8) is 0 Å². The molecule has 0 aliphatic heterocycles. The predicted octanol–water partition coefficient (Wildman–Crippen LogP) is 3.34. The van der Waals surface area contributed by atoms with E-state index in [0.29, 0.717) is 0 Å². The third-order valence-corrected chi connectivity index (χ3v) is 6.78. The molecule has 0 saturated heterocycles. The van der Waals surface area contributed by atoms with E-state index in [0.717, 1.165) is 5.56 Å². The Balaban J connectivity index is 3.12. The van der Waals surface area contributed by atoms with Crippen molar-refractivity contribution in [2.45, 2.75) is 19.0 Å². The van der Waals surface area contributed by atoms with Gasteiger partial charge in [0.25, 0.3) is 0 Å². The zero-order valence-corrected chi connectivity index (χ0v) is 11.5. The van der Waals surface area contributed by atoms with E-state index in [9.17, 15) is 0 Å². The highest BCUT2D eigenvalue weighted by Crippen LogP contribution is 2.30. The molecule has 1 rings (SSSR count). The topological polar surface area (TPSA) is 18.5 Å². The number of hydrogen-bond acceptors (Lipinski definition) is 2. The average Bonchev–Trinajstić information content (AvgIpc) is 2.36. The maximum absolute atomic E-state index is 5.59. The summed E-state index contributed by atoms with van der Waals surface area (Å²) in [7, 11) is 1.31. The molecule has 1 aromatic carbocycles. The second-order valence-electron chi connectivity index (χ2n) is 3.98. The van der Waals surface area contributed by atoms with E-state index >= 15 is 0 Å². The van der Waals surface area contributed by atoms with Gasteiger partial charge in [0, 0.05) is 19.8 Å². The van der Waals surface area contributed by atoms with Crippen LogP contribution in [0.1, 0.15) is 23.6 Å². The van der Waals surface area contributed by atoms with E-state index in [1.807, 2.05) is 18.2 Å². The van der Waals surface area contributed by atoms with Gasteiger partial charge in [-0.25, -0.2) is 0 Å². The molecule has 0 aliphatic carbocycles. The smallest absolute Gasteiger partial charge is 0.341 e. The number of rotatable bonds is 5. The van der Waals surface area contributed by atoms with Gasteiger partial charge in [0.15, 0.2) is 0 Å². The fraction of sp³-hybridized carbons (Fsp3) is 0.385. The Morgan fingerprint density at radius 3 is 2.31 bits per heavy atom. The first-order valence-corrected chi connectivity index (χ1v) is 7.80. The van der Waals surface area contributed by atoms with Crippen LogP contribution in [0.4, 0.5) is 0 Å². The van der Waals surface area contributed by atoms with Crippen LogP contribution in [0.25, 0.3) is 6.08 Å². The molecular formula is C13H20O2Si. The molecule has 0 fully saturated rings. The van der Waals surface area contributed by atoms with E-state index in [1.165, 1.54) is 5.56 Å². The van der Waals surface area contributed by atoms with Crippen LogP contribution in [0, 0.1) is 0 Å². The molecule has 88 valence electrons. The summed E-state index contributed by atoms with van der Waals surface area (Å²) >= 11 is 0. The van der Waals surface area contributed by atoms with Crippen LogP contribution < -0.4 is 0 Å². The fourth-order valence-corrected chi connectivity index (χ4v) is 3.51. The first-order valence-electron chi connectivity index (χ1n) is 5.40. The van der Waals surface area contributed by atoms with Gasteiger partial charge in [-0.05, 0) is 17.7 Å². The second-order valence-corrected chi connectivity index (χ2v) is 7.69. The van der Waals surface area contributed by atoms with Crippen LogP contribution in [-0.4, -0.2) is 22.8 Å². The molecule has 0 aromatic heterocycles. The SMILES string of the molecule is C=Cc1ccccc1C(C)[Si](C)(OC)OC. The molecule has 0 aliphatic rings. The summed E-state index contributed by atoms with van der Waals surface area (Å²) in [6, 6.07) is 8.24. The first-order chi connectivity index (χ1) is 7.59. The van der Waals surface area contributed by atoms with Crippen molar-refractivity contribution >= 4 is 14.6 Å². The Morgan fingerprint density at radius 1 is 1.25 bits per heavy atom. The number of hydrogen-bond donors (Lipinski definition) is 0. The number of benzene rings is 1. The monoisotopic (exact) mass is 236 g/mol. The molecule has 0 radical (unpaired) electrons. The molecule has 0 saturated carbocycles. The van der Waals surface area contributed by atoms with Crippen molar-refractivity contribution in [2.24, 2.45) is 0 Å². The van der Waals surface area contributed by atoms with Gasteiger partial charge in [0.05, 0.1) is 0 Å². The molecule has 1 unspecified atom stereocenters. The van der Waals surface area contributed by atoms with Crippen molar-refractivity contribution in [1.82, 2.24) is 0 Å². The summed E-state index contributed by atoms with van der Waals surface area (Å²) in [6.07, 6.45) is 1.88. The predicted molar refractivity (Wildman–Crippen MR) is 70.6 cm³/mol. The van der Waals surface area contributed by atoms with E-state index in [1.54, 1.807) is 14.2 Å². The minimum atomic E-state index is -2.14. The third-order valence-electron chi connectivity index (χ3n) is 3.28. The van der Waals surface area contributed by atoms with Crippen molar-refractivity contribution in [3.05, 3.63) is 42.0 Å². The highest BCUT2D eigenvalue weighted by atomic mass is 28.4. The Hall–Kier alpha value is -0.903. The molecule has 3 heteroatoms. The van der Waals surface area contributed by atoms with E-state index in [2.05, 4.69) is 32.2 Å². The van der Waals surface area contributed by atoms with Crippen molar-refractivity contribution in [3.8, 4) is 0 Å². The Kier molecular flexibility index (Phi) is 4.47. The summed E-state index contributed by atoms with van der Waals surface area (Å²) in [5.74, 6) is 0. The quantitative estimate of drug-likeness (QED) is 0.730. The van der Waals surface area contributed by atoms with E-state index in [-0.39, 0.29) is 5.54 Å². The lowest BCUT2D eigenvalue weighted by Crippen LogP contribution is -2.42. The van der Waals surface area contributed by atoms with Crippen molar-refractivity contribution < 1.29 is 8.85 Å². The second kappa shape index (κ2) is 5.43. The zero-order valence-electron chi connectivity index (χ0n) is 10.5. The molecule has 0 heterocycles. The lowest BCUT2D eigenvalue weighted by Gasteiger charge is -2.30. The Labute approximate surface area is 99.2 Å². The van der Waals surface area contributed by atoms with Crippen molar-refractivity contribution in [1.29, 1.82) is 0 Å². The normalized spacial score (nSPS) is 13.5. The van der Waals surface area contributed by atoms with E-state index in [4.69, 9.17) is 8.85 Å². The molecule has 0 amide bonds. The standard InChI is InChI=1S/C13H20O2Si/c1-6-12-9-7-8-10-13(12)11(2)16(5,14-3)15-4/h6-11H,1H2,2-5H3. The lowest BCUT2D eigenvalue weighted by atomic mass is 10.1. The maximum atomic E-state index is 5.59. The Bertz CT molecular complexity index is 359. The summed E-state index contributed by atoms with van der Waals surface area (Å²) in [5.41, 5.74) is 2.68. The van der Waals surface area contributed by atoms with Crippen molar-refractivity contribution in [2.75, 3.05) is 14.2 Å². The largest absolute Gasteiger partial charge is 0.397 e. The minimum absolute atomic E-state index is 0.275. The minimum Gasteiger partial charge on any atom is -0.397 e. The molecule has 0 bridgehead atoms. The Morgan fingerprint density at radius 2 is 1.81 bits per heavy atom. The van der Waals surface area contributed by atoms with Crippen LogP contribution in [0.15, 0.2) is 30.8 Å². The highest BCUT2D eigenvalue weighted by molar-refractivity contribution is 6.67. The highest BCUT2D eigenvalue weighted by Gasteiger charge is 2.37. The average molecular weight is 236 g/mol. The molecule has 0 spiro atoms. The van der Waals surface area contributed by atoms with Crippen LogP contribution in [0.2, 0.25) is 6.55 Å². The van der Waals surface area contributed by atoms with Gasteiger partial charge in [-0.3, -0.25) is 0 Å². The molecule has 0 N–H and O–H groups in total. The van der Waals surface area contributed by atoms with Gasteiger partial charge in [0.1, 0.15) is 0 Å². The molecule has 1 aromatic rings. The van der Waals surface area contributed by atoms with Crippen LogP contribution in [0.3, 0.4) is 0 Å². The van der Waals surface area contributed by atoms with Crippen LogP contribution >= 0.6 is 0 Å². The van der Waals surface area contributed by atoms with Gasteiger partial charge in [0.2, 0.25) is 0 Å². The molecule has 1 atom stereocenters. The summed E-state index contributed by atoms with van der Waals surface area (Å²) < 4.78 is 11.2. The van der Waals surface area contributed by atoms with Crippen LogP contribution in [0.5, 0.6) is 0 Å². The van der Waals surface area contributed by atoms with Gasteiger partial charge < -0.3 is 8.85 Å². The molecule has 2 nitrogen and oxygen atoms in total. The summed E-state index contributed by atoms with van der Waals surface area (Å²) in [6.45, 7) is 8.08. The van der Waals surface area contributed by atoms with Gasteiger partial charge in [-0.2, -0.15) is 0 Å². The molecular weight excluding hydrogens is 216 g/mol. The molecule has 16 heavy (non-hydrogen) atoms. The summed E-state index contributed by atoms with van der Waals surface area (Å²) in [4.78, 5) is 0. The maximum Gasteiger partial charge on any atom is 0.341 e. The van der Waals surface area contributed by atoms with Gasteiger partial charge in [-0.15, -0.1) is 0 Å². The third kappa shape index (κ3) is 2.43. The fourth-order valence-electron chi connectivity index (χ4n) is 1.81. The first kappa shape index (κ1) is 13.2. The summed E-state index contributed by atoms with van der Waals surface area (Å²) in [5, 5.41) is 0. The lowest BCUT2D eigenvalue weighted by molar-refractivity contribution is 0.240. The van der Waals surface area contributed by atoms with Gasteiger partial charge in [-0.1, -0.05) is 43.8 Å². The van der Waals surface area contributed by atoms with Gasteiger partial charge >= 0.3 is 8.56 Å².